The summed E-state index contributed by atoms with van der Waals surface area (Å²) in [6.45, 7) is 26.5. The monoisotopic (exact) mass is 522 g/mol. The van der Waals surface area contributed by atoms with Gasteiger partial charge in [0.1, 0.15) is 0 Å². The van der Waals surface area contributed by atoms with Gasteiger partial charge in [-0.05, 0) is 132 Å². The van der Waals surface area contributed by atoms with E-state index in [0.29, 0.717) is 24.2 Å². The molecule has 0 aromatic heterocycles. The highest BCUT2D eigenvalue weighted by Gasteiger charge is 2.63. The van der Waals surface area contributed by atoms with Crippen LogP contribution in [0.25, 0.3) is 0 Å². The van der Waals surface area contributed by atoms with E-state index in [-0.39, 0.29) is 10.8 Å². The second kappa shape index (κ2) is 8.94. The fraction of sp³-hybridized carbons (Fsp3) is 0.929. The third kappa shape index (κ3) is 5.42. The first-order valence-electron chi connectivity index (χ1n) is 14.1. The van der Waals surface area contributed by atoms with Crippen LogP contribution in [0.1, 0.15) is 58.8 Å². The maximum atomic E-state index is 7.16. The maximum Gasteiger partial charge on any atom is 0.184 e. The van der Waals surface area contributed by atoms with Gasteiger partial charge in [0.05, 0.1) is 6.10 Å². The topological polar surface area (TPSA) is 27.7 Å². The lowest BCUT2D eigenvalue weighted by Crippen LogP contribution is -2.59. The van der Waals surface area contributed by atoms with Crippen molar-refractivity contribution < 1.29 is 13.3 Å². The highest BCUT2D eigenvalue weighted by Crippen LogP contribution is 2.66. The van der Waals surface area contributed by atoms with E-state index < -0.39 is 25.0 Å². The van der Waals surface area contributed by atoms with Crippen LogP contribution in [-0.4, -0.2) is 43.3 Å². The van der Waals surface area contributed by atoms with Crippen LogP contribution in [0.15, 0.2) is 11.6 Å². The summed E-state index contributed by atoms with van der Waals surface area (Å²) in [5, 5.41) is 0. The summed E-state index contributed by atoms with van der Waals surface area (Å²) in [4.78, 5) is 0. The van der Waals surface area contributed by atoms with Crippen molar-refractivity contribution in [1.82, 2.24) is 0 Å². The van der Waals surface area contributed by atoms with Gasteiger partial charge in [0.15, 0.2) is 25.0 Å². The third-order valence-corrected chi connectivity index (χ3v) is 12.4. The number of hydrogen-bond donors (Lipinski definition) is 0. The van der Waals surface area contributed by atoms with Gasteiger partial charge in [0.2, 0.25) is 0 Å². The summed E-state index contributed by atoms with van der Waals surface area (Å²) in [6, 6.07) is 0. The van der Waals surface area contributed by atoms with Gasteiger partial charge < -0.3 is 13.3 Å². The lowest BCUT2D eigenvalue weighted by atomic mass is 9.47. The summed E-state index contributed by atoms with van der Waals surface area (Å²) in [7, 11) is -4.77. The minimum absolute atomic E-state index is 0.256. The Morgan fingerprint density at radius 3 is 2.00 bits per heavy atom. The Morgan fingerprint density at radius 1 is 0.794 bits per heavy atom. The molecule has 0 amide bonds. The number of allylic oxidation sites excluding steroid dienone is 1. The largest absolute Gasteiger partial charge is 0.414 e. The van der Waals surface area contributed by atoms with Crippen LogP contribution in [0.5, 0.6) is 0 Å². The molecule has 5 unspecified atom stereocenters. The zero-order valence-corrected chi connectivity index (χ0v) is 27.2. The first-order chi connectivity index (χ1) is 15.4. The van der Waals surface area contributed by atoms with Crippen LogP contribution in [-0.2, 0) is 13.3 Å². The van der Waals surface area contributed by atoms with Crippen LogP contribution in [0.3, 0.4) is 0 Å². The van der Waals surface area contributed by atoms with Crippen molar-refractivity contribution in [3.8, 4) is 0 Å². The zero-order chi connectivity index (χ0) is 25.3. The summed E-state index contributed by atoms with van der Waals surface area (Å²) in [5.41, 5.74) is 2.22. The Morgan fingerprint density at radius 2 is 1.41 bits per heavy atom. The summed E-state index contributed by atoms with van der Waals surface area (Å²) in [6.07, 6.45) is 12.5. The predicted octanol–water partition coefficient (Wildman–Crippen LogP) is 8.22. The highest BCUT2D eigenvalue weighted by molar-refractivity contribution is 6.70. The molecule has 6 heteroatoms. The molecule has 8 atom stereocenters. The zero-order valence-electron chi connectivity index (χ0n) is 24.2. The molecule has 0 aliphatic heterocycles. The SMILES string of the molecule is CC12CC[C@H](O[Si](C)(C)C)CC1=CCC1C2[C@@H](O[Si](C)(C)C)CC2(C)C1CC[C@@H]2O[Si](C)(C)C. The average molecular weight is 523 g/mol. The van der Waals surface area contributed by atoms with Crippen LogP contribution in [0.2, 0.25) is 58.9 Å². The van der Waals surface area contributed by atoms with E-state index in [2.05, 4.69) is 78.8 Å². The van der Waals surface area contributed by atoms with Gasteiger partial charge in [-0.2, -0.15) is 0 Å². The molecule has 196 valence electrons. The Kier molecular flexibility index (Phi) is 7.18. The molecule has 3 saturated carbocycles. The van der Waals surface area contributed by atoms with E-state index in [1.54, 1.807) is 5.57 Å². The summed E-state index contributed by atoms with van der Waals surface area (Å²) < 4.78 is 20.7. The Bertz CT molecular complexity index is 792. The van der Waals surface area contributed by atoms with Gasteiger partial charge in [0.25, 0.3) is 0 Å². The third-order valence-electron chi connectivity index (χ3n) is 9.40. The van der Waals surface area contributed by atoms with Crippen LogP contribution in [0, 0.1) is 28.6 Å². The minimum atomic E-state index is -1.67. The van der Waals surface area contributed by atoms with Crippen LogP contribution in [0.4, 0.5) is 0 Å². The van der Waals surface area contributed by atoms with Crippen molar-refractivity contribution in [2.75, 3.05) is 0 Å². The molecule has 0 bridgehead atoms. The van der Waals surface area contributed by atoms with E-state index in [1.807, 2.05) is 0 Å². The number of fused-ring (bicyclic) bond motifs is 5. The number of hydrogen-bond acceptors (Lipinski definition) is 3. The lowest BCUT2D eigenvalue weighted by molar-refractivity contribution is -0.127. The van der Waals surface area contributed by atoms with Crippen molar-refractivity contribution in [3.05, 3.63) is 11.6 Å². The van der Waals surface area contributed by atoms with Gasteiger partial charge in [-0.15, -0.1) is 0 Å². The summed E-state index contributed by atoms with van der Waals surface area (Å²) >= 11 is 0. The van der Waals surface area contributed by atoms with E-state index in [9.17, 15) is 0 Å². The van der Waals surface area contributed by atoms with Crippen molar-refractivity contribution in [3.63, 3.8) is 0 Å². The first-order valence-corrected chi connectivity index (χ1v) is 24.4. The molecule has 0 aromatic rings. The highest BCUT2D eigenvalue weighted by atomic mass is 28.4. The Labute approximate surface area is 214 Å². The van der Waals surface area contributed by atoms with Gasteiger partial charge in [-0.3, -0.25) is 0 Å². The van der Waals surface area contributed by atoms with E-state index >= 15 is 0 Å². The normalized spacial score (nSPS) is 43.1. The van der Waals surface area contributed by atoms with Crippen LogP contribution >= 0.6 is 0 Å². The molecule has 3 nitrogen and oxygen atoms in total. The molecule has 0 radical (unpaired) electrons. The molecule has 0 N–H and O–H groups in total. The maximum absolute atomic E-state index is 7.16. The molecule has 0 spiro atoms. The average Bonchev–Trinajstić information content (AvgIpc) is 2.93. The number of rotatable bonds is 6. The lowest BCUT2D eigenvalue weighted by Gasteiger charge is -2.61. The Balaban J connectivity index is 1.67. The van der Waals surface area contributed by atoms with E-state index in [1.165, 1.54) is 38.5 Å². The predicted molar refractivity (Wildman–Crippen MR) is 152 cm³/mol. The fourth-order valence-electron chi connectivity index (χ4n) is 8.46. The van der Waals surface area contributed by atoms with Gasteiger partial charge in [-0.25, -0.2) is 0 Å². The van der Waals surface area contributed by atoms with Gasteiger partial charge in [0, 0.05) is 12.2 Å². The molecule has 4 aliphatic rings. The molecular formula is C28H54O3Si3. The van der Waals surface area contributed by atoms with Crippen molar-refractivity contribution in [1.29, 1.82) is 0 Å². The molecule has 0 aromatic carbocycles. The van der Waals surface area contributed by atoms with E-state index in [4.69, 9.17) is 13.3 Å². The quantitative estimate of drug-likeness (QED) is 0.260. The smallest absolute Gasteiger partial charge is 0.184 e. The molecule has 0 heterocycles. The first kappa shape index (κ1) is 27.3. The molecular weight excluding hydrogens is 469 g/mol. The van der Waals surface area contributed by atoms with Crippen molar-refractivity contribution >= 4 is 25.0 Å². The standard InChI is InChI=1S/C28H54O3Si3/c1-27-17-16-21(29-32(3,4)5)18-20(27)12-13-22-23-14-15-25(31-34(9,10)11)28(23,2)19-24(26(22)27)30-33(6,7)8/h12,21-26H,13-19H2,1-11H3/t21-,22?,23?,24-,25-,26?,27?,28?/m0/s1. The van der Waals surface area contributed by atoms with Crippen LogP contribution < -0.4 is 0 Å². The summed E-state index contributed by atoms with van der Waals surface area (Å²) in [5.74, 6) is 2.15. The Hall–Kier alpha value is 0.271. The van der Waals surface area contributed by atoms with Gasteiger partial charge >= 0.3 is 0 Å². The minimum Gasteiger partial charge on any atom is -0.414 e. The van der Waals surface area contributed by atoms with Crippen molar-refractivity contribution in [2.45, 2.75) is 136 Å². The molecule has 4 aliphatic carbocycles. The van der Waals surface area contributed by atoms with E-state index in [0.717, 1.165) is 18.3 Å². The van der Waals surface area contributed by atoms with Gasteiger partial charge in [-0.1, -0.05) is 25.5 Å². The fourth-order valence-corrected chi connectivity index (χ4v) is 12.0. The molecule has 4 rings (SSSR count). The second-order valence-electron chi connectivity index (χ2n) is 15.5. The van der Waals surface area contributed by atoms with Crippen molar-refractivity contribution in [2.24, 2.45) is 28.6 Å². The molecule has 34 heavy (non-hydrogen) atoms. The second-order valence-corrected chi connectivity index (χ2v) is 28.9. The molecule has 0 saturated heterocycles. The molecule has 3 fully saturated rings.